The maximum Gasteiger partial charge on any atom is 0.230 e. The number of hydrogen-bond acceptors (Lipinski definition) is 3. The van der Waals surface area contributed by atoms with E-state index in [9.17, 15) is 4.79 Å². The molecule has 2 aromatic carbocycles. The lowest BCUT2D eigenvalue weighted by Crippen LogP contribution is -2.14. The van der Waals surface area contributed by atoms with Gasteiger partial charge in [-0.05, 0) is 42.0 Å². The molecule has 1 aromatic heterocycles. The van der Waals surface area contributed by atoms with E-state index in [-0.39, 0.29) is 12.3 Å². The Morgan fingerprint density at radius 3 is 2.54 bits per heavy atom. The quantitative estimate of drug-likeness (QED) is 0.716. The van der Waals surface area contributed by atoms with Gasteiger partial charge in [0.15, 0.2) is 0 Å². The zero-order valence-electron chi connectivity index (χ0n) is 12.8. The van der Waals surface area contributed by atoms with Gasteiger partial charge in [0.1, 0.15) is 12.4 Å². The molecule has 3 rings (SSSR count). The van der Waals surface area contributed by atoms with Crippen LogP contribution in [-0.4, -0.2) is 15.9 Å². The first kappa shape index (κ1) is 16.1. The monoisotopic (exact) mass is 341 g/mol. The number of imidazole rings is 1. The van der Waals surface area contributed by atoms with Gasteiger partial charge in [0, 0.05) is 22.6 Å². The van der Waals surface area contributed by atoms with E-state index in [0.29, 0.717) is 11.6 Å². The normalized spacial score (nSPS) is 10.4. The maximum absolute atomic E-state index is 11.9. The third kappa shape index (κ3) is 4.60. The number of halogens is 1. The molecule has 0 bridgehead atoms. The molecule has 2 N–H and O–H groups in total. The molecule has 24 heavy (non-hydrogen) atoms. The third-order valence-electron chi connectivity index (χ3n) is 3.36. The van der Waals surface area contributed by atoms with Gasteiger partial charge in [-0.15, -0.1) is 0 Å². The molecule has 0 atom stereocenters. The van der Waals surface area contributed by atoms with Crippen molar-refractivity contribution in [2.45, 2.75) is 13.0 Å². The SMILES string of the molecule is O=C(Cc1cnc[nH]1)Nc1ccc(OCc2ccc(Cl)cc2)cc1. The van der Waals surface area contributed by atoms with Gasteiger partial charge in [-0.1, -0.05) is 23.7 Å². The second-order valence-corrected chi connectivity index (χ2v) is 5.68. The van der Waals surface area contributed by atoms with Crippen molar-refractivity contribution >= 4 is 23.2 Å². The van der Waals surface area contributed by atoms with Crippen molar-refractivity contribution < 1.29 is 9.53 Å². The van der Waals surface area contributed by atoms with Crippen LogP contribution in [0.5, 0.6) is 5.75 Å². The lowest BCUT2D eigenvalue weighted by Gasteiger charge is -2.08. The van der Waals surface area contributed by atoms with E-state index in [1.807, 2.05) is 48.5 Å². The van der Waals surface area contributed by atoms with E-state index in [0.717, 1.165) is 22.7 Å². The van der Waals surface area contributed by atoms with Gasteiger partial charge in [0.25, 0.3) is 0 Å². The molecule has 1 amide bonds. The van der Waals surface area contributed by atoms with Crippen molar-refractivity contribution in [3.05, 3.63) is 77.3 Å². The average Bonchev–Trinajstić information content (AvgIpc) is 3.08. The summed E-state index contributed by atoms with van der Waals surface area (Å²) in [6, 6.07) is 14.8. The highest BCUT2D eigenvalue weighted by molar-refractivity contribution is 6.30. The Hall–Kier alpha value is -2.79. The van der Waals surface area contributed by atoms with Crippen LogP contribution in [-0.2, 0) is 17.8 Å². The van der Waals surface area contributed by atoms with Gasteiger partial charge < -0.3 is 15.0 Å². The molecule has 6 heteroatoms. The number of carbonyl (C=O) groups is 1. The zero-order chi connectivity index (χ0) is 16.8. The zero-order valence-corrected chi connectivity index (χ0v) is 13.6. The van der Waals surface area contributed by atoms with Crippen molar-refractivity contribution in [3.8, 4) is 5.75 Å². The summed E-state index contributed by atoms with van der Waals surface area (Å²) in [6.07, 6.45) is 3.44. The molecule has 0 saturated carbocycles. The van der Waals surface area contributed by atoms with Crippen LogP contribution in [0.15, 0.2) is 61.1 Å². The van der Waals surface area contributed by atoms with Gasteiger partial charge in [-0.25, -0.2) is 4.98 Å². The molecule has 122 valence electrons. The lowest BCUT2D eigenvalue weighted by molar-refractivity contribution is -0.115. The van der Waals surface area contributed by atoms with Gasteiger partial charge in [0.2, 0.25) is 5.91 Å². The van der Waals surface area contributed by atoms with Crippen LogP contribution in [0.1, 0.15) is 11.3 Å². The van der Waals surface area contributed by atoms with Gasteiger partial charge >= 0.3 is 0 Å². The highest BCUT2D eigenvalue weighted by atomic mass is 35.5. The topological polar surface area (TPSA) is 67.0 Å². The van der Waals surface area contributed by atoms with Crippen LogP contribution in [0.25, 0.3) is 0 Å². The highest BCUT2D eigenvalue weighted by Gasteiger charge is 2.05. The second-order valence-electron chi connectivity index (χ2n) is 5.24. The minimum Gasteiger partial charge on any atom is -0.489 e. The number of anilines is 1. The van der Waals surface area contributed by atoms with Gasteiger partial charge in [-0.3, -0.25) is 4.79 Å². The van der Waals surface area contributed by atoms with Crippen LogP contribution in [0.2, 0.25) is 5.02 Å². The van der Waals surface area contributed by atoms with E-state index < -0.39 is 0 Å². The standard InChI is InChI=1S/C18H16ClN3O2/c19-14-3-1-13(2-4-14)11-24-17-7-5-15(6-8-17)22-18(23)9-16-10-20-12-21-16/h1-8,10,12H,9,11H2,(H,20,21)(H,22,23). The largest absolute Gasteiger partial charge is 0.489 e. The fraction of sp³-hybridized carbons (Fsp3) is 0.111. The van der Waals surface area contributed by atoms with E-state index >= 15 is 0 Å². The lowest BCUT2D eigenvalue weighted by atomic mass is 10.2. The smallest absolute Gasteiger partial charge is 0.230 e. The predicted molar refractivity (Wildman–Crippen MR) is 93.1 cm³/mol. The van der Waals surface area contributed by atoms with E-state index in [1.54, 1.807) is 12.5 Å². The van der Waals surface area contributed by atoms with Crippen LogP contribution in [0.3, 0.4) is 0 Å². The summed E-state index contributed by atoms with van der Waals surface area (Å²) < 4.78 is 5.71. The first-order valence-corrected chi connectivity index (χ1v) is 7.81. The summed E-state index contributed by atoms with van der Waals surface area (Å²) in [7, 11) is 0. The number of nitrogens with one attached hydrogen (secondary N) is 2. The number of carbonyl (C=O) groups excluding carboxylic acids is 1. The predicted octanol–water partition coefficient (Wildman–Crippen LogP) is 3.82. The molecule has 0 fully saturated rings. The van der Waals surface area contributed by atoms with Gasteiger partial charge in [-0.2, -0.15) is 0 Å². The summed E-state index contributed by atoms with van der Waals surface area (Å²) in [6.45, 7) is 0.461. The van der Waals surface area contributed by atoms with Crippen LogP contribution in [0, 0.1) is 0 Å². The molecule has 5 nitrogen and oxygen atoms in total. The Bertz CT molecular complexity index is 784. The van der Waals surface area contributed by atoms with Crippen molar-refractivity contribution in [2.24, 2.45) is 0 Å². The number of rotatable bonds is 6. The summed E-state index contributed by atoms with van der Waals surface area (Å²) >= 11 is 5.85. The summed E-state index contributed by atoms with van der Waals surface area (Å²) in [5.74, 6) is 0.630. The maximum atomic E-state index is 11.9. The molecule has 0 radical (unpaired) electrons. The van der Waals surface area contributed by atoms with Crippen molar-refractivity contribution in [2.75, 3.05) is 5.32 Å². The minimum absolute atomic E-state index is 0.103. The Morgan fingerprint density at radius 1 is 1.12 bits per heavy atom. The van der Waals surface area contributed by atoms with E-state index in [4.69, 9.17) is 16.3 Å². The Balaban J connectivity index is 1.51. The van der Waals surface area contributed by atoms with Crippen LogP contribution < -0.4 is 10.1 Å². The molecule has 0 saturated heterocycles. The molecule has 0 unspecified atom stereocenters. The summed E-state index contributed by atoms with van der Waals surface area (Å²) in [5.41, 5.74) is 2.53. The Kier molecular flexibility index (Phi) is 5.13. The number of hydrogen-bond donors (Lipinski definition) is 2. The van der Waals surface area contributed by atoms with E-state index in [1.165, 1.54) is 0 Å². The molecular weight excluding hydrogens is 326 g/mol. The number of aromatic amines is 1. The first-order valence-electron chi connectivity index (χ1n) is 7.43. The van der Waals surface area contributed by atoms with Crippen molar-refractivity contribution in [1.82, 2.24) is 9.97 Å². The fourth-order valence-electron chi connectivity index (χ4n) is 2.14. The number of aromatic nitrogens is 2. The van der Waals surface area contributed by atoms with E-state index in [2.05, 4.69) is 15.3 Å². The Labute approximate surface area is 144 Å². The fourth-order valence-corrected chi connectivity index (χ4v) is 2.27. The molecule has 0 spiro atoms. The molecule has 0 aliphatic carbocycles. The third-order valence-corrected chi connectivity index (χ3v) is 3.61. The van der Waals surface area contributed by atoms with Crippen molar-refractivity contribution in [3.63, 3.8) is 0 Å². The van der Waals surface area contributed by atoms with Crippen LogP contribution >= 0.6 is 11.6 Å². The number of ether oxygens (including phenoxy) is 1. The second kappa shape index (κ2) is 7.66. The minimum atomic E-state index is -0.103. The number of benzene rings is 2. The molecule has 1 heterocycles. The Morgan fingerprint density at radius 2 is 1.88 bits per heavy atom. The number of H-pyrrole nitrogens is 1. The first-order chi connectivity index (χ1) is 11.7. The summed E-state index contributed by atoms with van der Waals surface area (Å²) in [5, 5.41) is 3.53. The highest BCUT2D eigenvalue weighted by Crippen LogP contribution is 2.18. The van der Waals surface area contributed by atoms with Crippen LogP contribution in [0.4, 0.5) is 5.69 Å². The molecular formula is C18H16ClN3O2. The number of amides is 1. The molecule has 0 aliphatic heterocycles. The number of nitrogens with zero attached hydrogens (tertiary/aromatic N) is 1. The summed E-state index contributed by atoms with van der Waals surface area (Å²) in [4.78, 5) is 18.7. The molecule has 3 aromatic rings. The average molecular weight is 342 g/mol. The van der Waals surface area contributed by atoms with Gasteiger partial charge in [0.05, 0.1) is 12.7 Å². The van der Waals surface area contributed by atoms with Crippen molar-refractivity contribution in [1.29, 1.82) is 0 Å². The molecule has 0 aliphatic rings.